The van der Waals surface area contributed by atoms with Gasteiger partial charge in [-0.05, 0) is 30.2 Å². The van der Waals surface area contributed by atoms with Crippen LogP contribution in [0.4, 0.5) is 11.4 Å². The van der Waals surface area contributed by atoms with Crippen LogP contribution in [0, 0.1) is 0 Å². The van der Waals surface area contributed by atoms with Crippen LogP contribution in [0.15, 0.2) is 48.5 Å². The van der Waals surface area contributed by atoms with Gasteiger partial charge in [0.2, 0.25) is 11.8 Å². The predicted octanol–water partition coefficient (Wildman–Crippen LogP) is 3.26. The van der Waals surface area contributed by atoms with E-state index in [-0.39, 0.29) is 18.4 Å². The Bertz CT molecular complexity index is 730. The average molecular weight is 315 g/mol. The van der Waals surface area contributed by atoms with E-state index in [2.05, 4.69) is 5.32 Å². The lowest BCUT2D eigenvalue weighted by atomic mass is 10.0. The normalized spacial score (nSPS) is 13.7. The van der Waals surface area contributed by atoms with Crippen molar-refractivity contribution in [1.29, 1.82) is 0 Å². The first-order chi connectivity index (χ1) is 10.6. The first kappa shape index (κ1) is 14.6. The third-order valence-corrected chi connectivity index (χ3v) is 3.97. The molecular weight excluding hydrogens is 300 g/mol. The Hall–Kier alpha value is -2.33. The Morgan fingerprint density at radius 3 is 2.64 bits per heavy atom. The second-order valence-corrected chi connectivity index (χ2v) is 5.54. The zero-order valence-corrected chi connectivity index (χ0v) is 12.6. The number of rotatable bonds is 3. The molecule has 3 rings (SSSR count). The summed E-state index contributed by atoms with van der Waals surface area (Å²) in [5.74, 6) is -0.300. The van der Waals surface area contributed by atoms with Crippen molar-refractivity contribution in [3.05, 3.63) is 59.1 Å². The summed E-state index contributed by atoms with van der Waals surface area (Å²) in [6.45, 7) is -0.0128. The summed E-state index contributed by atoms with van der Waals surface area (Å²) in [7, 11) is 0. The number of carbonyl (C=O) groups excluding carboxylic acids is 2. The number of nitrogens with zero attached hydrogens (tertiary/aromatic N) is 1. The minimum absolute atomic E-state index is 0.0128. The molecule has 1 heterocycles. The molecule has 0 bridgehead atoms. The van der Waals surface area contributed by atoms with Crippen molar-refractivity contribution >= 4 is 34.8 Å². The van der Waals surface area contributed by atoms with Crippen molar-refractivity contribution in [2.75, 3.05) is 16.8 Å². The van der Waals surface area contributed by atoms with Crippen LogP contribution >= 0.6 is 11.6 Å². The Morgan fingerprint density at radius 2 is 1.82 bits per heavy atom. The van der Waals surface area contributed by atoms with Gasteiger partial charge in [-0.25, -0.2) is 0 Å². The van der Waals surface area contributed by atoms with Crippen molar-refractivity contribution in [3.63, 3.8) is 0 Å². The Morgan fingerprint density at radius 1 is 1.09 bits per heavy atom. The molecule has 4 nitrogen and oxygen atoms in total. The molecule has 1 N–H and O–H groups in total. The van der Waals surface area contributed by atoms with Gasteiger partial charge in [-0.1, -0.05) is 41.9 Å². The highest BCUT2D eigenvalue weighted by Gasteiger charge is 2.25. The van der Waals surface area contributed by atoms with Gasteiger partial charge >= 0.3 is 0 Å². The Kier molecular flexibility index (Phi) is 4.11. The number of aryl methyl sites for hydroxylation is 1. The molecule has 2 aromatic rings. The smallest absolute Gasteiger partial charge is 0.244 e. The summed E-state index contributed by atoms with van der Waals surface area (Å²) in [4.78, 5) is 25.9. The first-order valence-corrected chi connectivity index (χ1v) is 7.45. The van der Waals surface area contributed by atoms with Gasteiger partial charge in [0.25, 0.3) is 0 Å². The molecule has 22 heavy (non-hydrogen) atoms. The fraction of sp³-hybridized carbons (Fsp3) is 0.176. The van der Waals surface area contributed by atoms with E-state index in [0.717, 1.165) is 17.7 Å². The maximum Gasteiger partial charge on any atom is 0.244 e. The van der Waals surface area contributed by atoms with Crippen molar-refractivity contribution in [2.45, 2.75) is 12.8 Å². The molecule has 0 saturated heterocycles. The summed E-state index contributed by atoms with van der Waals surface area (Å²) in [5, 5.41) is 3.22. The van der Waals surface area contributed by atoms with Gasteiger partial charge < -0.3 is 10.2 Å². The van der Waals surface area contributed by atoms with Crippen LogP contribution in [-0.2, 0) is 16.0 Å². The maximum absolute atomic E-state index is 12.2. The van der Waals surface area contributed by atoms with E-state index in [1.165, 1.54) is 4.90 Å². The molecule has 0 fully saturated rings. The Balaban J connectivity index is 1.77. The van der Waals surface area contributed by atoms with E-state index in [4.69, 9.17) is 11.6 Å². The van der Waals surface area contributed by atoms with E-state index in [1.54, 1.807) is 24.3 Å². The van der Waals surface area contributed by atoms with Crippen LogP contribution in [0.2, 0.25) is 5.02 Å². The lowest BCUT2D eigenvalue weighted by Gasteiger charge is -2.28. The minimum Gasteiger partial charge on any atom is -0.323 e. The predicted molar refractivity (Wildman–Crippen MR) is 87.2 cm³/mol. The number of hydrogen-bond acceptors (Lipinski definition) is 2. The highest BCUT2D eigenvalue weighted by Crippen LogP contribution is 2.27. The molecule has 2 amide bonds. The average Bonchev–Trinajstić information content (AvgIpc) is 2.52. The van der Waals surface area contributed by atoms with Crippen LogP contribution in [0.3, 0.4) is 0 Å². The molecule has 0 saturated carbocycles. The number of hydrogen-bond donors (Lipinski definition) is 1. The van der Waals surface area contributed by atoms with Crippen LogP contribution in [0.1, 0.15) is 12.0 Å². The van der Waals surface area contributed by atoms with Gasteiger partial charge in [-0.15, -0.1) is 0 Å². The standard InChI is InChI=1S/C17H15ClN2O2/c18-13-6-2-3-7-14(13)19-16(21)11-20-15-8-4-1-5-12(15)9-10-17(20)22/h1-8H,9-11H2,(H,19,21). The number of amides is 2. The second kappa shape index (κ2) is 6.20. The molecule has 112 valence electrons. The number of benzene rings is 2. The van der Waals surface area contributed by atoms with Crippen LogP contribution in [0.25, 0.3) is 0 Å². The van der Waals surface area contributed by atoms with E-state index >= 15 is 0 Å². The number of anilines is 2. The molecule has 0 spiro atoms. The number of carbonyl (C=O) groups is 2. The Labute approximate surface area is 133 Å². The summed E-state index contributed by atoms with van der Waals surface area (Å²) in [6, 6.07) is 14.7. The molecule has 0 aromatic heterocycles. The van der Waals surface area contributed by atoms with Crippen molar-refractivity contribution < 1.29 is 9.59 Å². The molecule has 1 aliphatic heterocycles. The van der Waals surface area contributed by atoms with Gasteiger partial charge in [-0.3, -0.25) is 9.59 Å². The van der Waals surface area contributed by atoms with Gasteiger partial charge in [0.05, 0.1) is 10.7 Å². The fourth-order valence-corrected chi connectivity index (χ4v) is 2.75. The molecular formula is C17H15ClN2O2. The number of halogens is 1. The van der Waals surface area contributed by atoms with Crippen LogP contribution < -0.4 is 10.2 Å². The zero-order chi connectivity index (χ0) is 15.5. The van der Waals surface area contributed by atoms with Gasteiger partial charge in [0.1, 0.15) is 6.54 Å². The lowest BCUT2D eigenvalue weighted by Crippen LogP contribution is -2.40. The zero-order valence-electron chi connectivity index (χ0n) is 11.9. The van der Waals surface area contributed by atoms with Crippen LogP contribution in [-0.4, -0.2) is 18.4 Å². The summed E-state index contributed by atoms with van der Waals surface area (Å²) < 4.78 is 0. The van der Waals surface area contributed by atoms with E-state index in [9.17, 15) is 9.59 Å². The molecule has 0 atom stereocenters. The third-order valence-electron chi connectivity index (χ3n) is 3.64. The summed E-state index contributed by atoms with van der Waals surface area (Å²) in [6.07, 6.45) is 1.15. The van der Waals surface area contributed by atoms with Crippen molar-refractivity contribution in [1.82, 2.24) is 0 Å². The first-order valence-electron chi connectivity index (χ1n) is 7.08. The monoisotopic (exact) mass is 314 g/mol. The highest BCUT2D eigenvalue weighted by molar-refractivity contribution is 6.33. The van der Waals surface area contributed by atoms with Crippen LogP contribution in [0.5, 0.6) is 0 Å². The third kappa shape index (κ3) is 2.97. The van der Waals surface area contributed by atoms with Gasteiger partial charge in [0.15, 0.2) is 0 Å². The van der Waals surface area contributed by atoms with Crippen molar-refractivity contribution in [2.24, 2.45) is 0 Å². The molecule has 0 radical (unpaired) electrons. The number of fused-ring (bicyclic) bond motifs is 1. The molecule has 2 aromatic carbocycles. The van der Waals surface area contributed by atoms with Gasteiger partial charge in [-0.2, -0.15) is 0 Å². The van der Waals surface area contributed by atoms with Crippen molar-refractivity contribution in [3.8, 4) is 0 Å². The highest BCUT2D eigenvalue weighted by atomic mass is 35.5. The topological polar surface area (TPSA) is 49.4 Å². The molecule has 1 aliphatic rings. The number of para-hydroxylation sites is 2. The SMILES string of the molecule is O=C(CN1C(=O)CCc2ccccc21)Nc1ccccc1Cl. The maximum atomic E-state index is 12.2. The van der Waals surface area contributed by atoms with E-state index in [1.807, 2.05) is 24.3 Å². The minimum atomic E-state index is -0.266. The number of nitrogens with one attached hydrogen (secondary N) is 1. The summed E-state index contributed by atoms with van der Waals surface area (Å²) >= 11 is 6.03. The molecule has 5 heteroatoms. The van der Waals surface area contributed by atoms with Gasteiger partial charge in [0, 0.05) is 12.1 Å². The summed E-state index contributed by atoms with van der Waals surface area (Å²) in [5.41, 5.74) is 2.45. The van der Waals surface area contributed by atoms with E-state index < -0.39 is 0 Å². The second-order valence-electron chi connectivity index (χ2n) is 5.14. The molecule has 0 aliphatic carbocycles. The quantitative estimate of drug-likeness (QED) is 0.945. The fourth-order valence-electron chi connectivity index (χ4n) is 2.57. The lowest BCUT2D eigenvalue weighted by molar-refractivity contribution is -0.121. The van der Waals surface area contributed by atoms with E-state index in [0.29, 0.717) is 17.1 Å². The largest absolute Gasteiger partial charge is 0.323 e. The molecule has 0 unspecified atom stereocenters.